The van der Waals surface area contributed by atoms with E-state index in [0.29, 0.717) is 29.6 Å². The minimum atomic E-state index is -0.325. The molecule has 4 rings (SSSR count). The molecule has 0 bridgehead atoms. The number of halogens is 1. The summed E-state index contributed by atoms with van der Waals surface area (Å²) in [6.07, 6.45) is 3.07. The van der Waals surface area contributed by atoms with Gasteiger partial charge < -0.3 is 13.8 Å². The highest BCUT2D eigenvalue weighted by Crippen LogP contribution is 2.33. The molecule has 122 valence electrons. The van der Waals surface area contributed by atoms with Crippen LogP contribution in [0.25, 0.3) is 11.4 Å². The summed E-state index contributed by atoms with van der Waals surface area (Å²) < 4.78 is 23.5. The molecule has 0 radical (unpaired) electrons. The molecule has 3 aromatic rings. The van der Waals surface area contributed by atoms with Gasteiger partial charge in [0.05, 0.1) is 6.26 Å². The maximum Gasteiger partial charge on any atom is 0.290 e. The smallest absolute Gasteiger partial charge is 0.290 e. The Labute approximate surface area is 136 Å². The Morgan fingerprint density at radius 2 is 2.08 bits per heavy atom. The van der Waals surface area contributed by atoms with Gasteiger partial charge in [-0.15, -0.1) is 0 Å². The summed E-state index contributed by atoms with van der Waals surface area (Å²) in [5.74, 6) is 0.534. The van der Waals surface area contributed by atoms with Gasteiger partial charge in [0.2, 0.25) is 11.7 Å². The number of nitrogens with zero attached hydrogens (tertiary/aromatic N) is 3. The fourth-order valence-corrected chi connectivity index (χ4v) is 2.90. The third-order valence-electron chi connectivity index (χ3n) is 4.07. The molecule has 0 spiro atoms. The lowest BCUT2D eigenvalue weighted by Gasteiger charge is -2.20. The molecule has 3 heterocycles. The highest BCUT2D eigenvalue weighted by molar-refractivity contribution is 5.91. The molecule has 2 aromatic heterocycles. The third-order valence-corrected chi connectivity index (χ3v) is 4.07. The fourth-order valence-electron chi connectivity index (χ4n) is 2.90. The van der Waals surface area contributed by atoms with Gasteiger partial charge in [-0.05, 0) is 49.2 Å². The molecular weight excluding hydrogens is 313 g/mol. The SMILES string of the molecule is O=C(c1ccco1)N1CCC[C@@H]1c1nc(-c2ccc(F)cc2)no1. The zero-order valence-electron chi connectivity index (χ0n) is 12.7. The largest absolute Gasteiger partial charge is 0.459 e. The Morgan fingerprint density at radius 3 is 2.83 bits per heavy atom. The van der Waals surface area contributed by atoms with Crippen LogP contribution in [0.3, 0.4) is 0 Å². The van der Waals surface area contributed by atoms with Crippen LogP contribution in [0.5, 0.6) is 0 Å². The van der Waals surface area contributed by atoms with Crippen LogP contribution >= 0.6 is 0 Å². The van der Waals surface area contributed by atoms with Gasteiger partial charge in [-0.2, -0.15) is 4.98 Å². The van der Waals surface area contributed by atoms with Crippen molar-refractivity contribution in [3.63, 3.8) is 0 Å². The van der Waals surface area contributed by atoms with Crippen LogP contribution in [0.15, 0.2) is 51.6 Å². The van der Waals surface area contributed by atoms with Crippen molar-refractivity contribution in [3.05, 3.63) is 60.1 Å². The van der Waals surface area contributed by atoms with E-state index < -0.39 is 0 Å². The number of benzene rings is 1. The first kappa shape index (κ1) is 14.6. The van der Waals surface area contributed by atoms with Crippen LogP contribution in [0.1, 0.15) is 35.3 Å². The summed E-state index contributed by atoms with van der Waals surface area (Å²) in [4.78, 5) is 18.6. The van der Waals surface area contributed by atoms with E-state index in [1.54, 1.807) is 29.2 Å². The van der Waals surface area contributed by atoms with Gasteiger partial charge in [-0.25, -0.2) is 4.39 Å². The molecule has 1 aliphatic heterocycles. The molecule has 1 atom stereocenters. The molecule has 0 unspecified atom stereocenters. The van der Waals surface area contributed by atoms with Crippen molar-refractivity contribution >= 4 is 5.91 Å². The molecule has 1 aliphatic rings. The molecule has 7 heteroatoms. The molecular formula is C17H14FN3O3. The van der Waals surface area contributed by atoms with Crippen LogP contribution in [0.2, 0.25) is 0 Å². The number of aromatic nitrogens is 2. The second kappa shape index (κ2) is 5.92. The van der Waals surface area contributed by atoms with Gasteiger partial charge in [-0.1, -0.05) is 5.16 Å². The van der Waals surface area contributed by atoms with Gasteiger partial charge >= 0.3 is 0 Å². The summed E-state index contributed by atoms with van der Waals surface area (Å²) in [6, 6.07) is 8.90. The number of carbonyl (C=O) groups excluding carboxylic acids is 1. The van der Waals surface area contributed by atoms with Crippen molar-refractivity contribution in [2.45, 2.75) is 18.9 Å². The fraction of sp³-hybridized carbons (Fsp3) is 0.235. The van der Waals surface area contributed by atoms with Crippen molar-refractivity contribution < 1.29 is 18.1 Å². The van der Waals surface area contributed by atoms with Crippen molar-refractivity contribution in [2.75, 3.05) is 6.54 Å². The second-order valence-electron chi connectivity index (χ2n) is 5.60. The Bertz CT molecular complexity index is 842. The monoisotopic (exact) mass is 327 g/mol. The van der Waals surface area contributed by atoms with E-state index in [2.05, 4.69) is 10.1 Å². The van der Waals surface area contributed by atoms with E-state index in [1.165, 1.54) is 18.4 Å². The molecule has 0 saturated carbocycles. The number of carbonyl (C=O) groups is 1. The highest BCUT2D eigenvalue weighted by Gasteiger charge is 2.35. The highest BCUT2D eigenvalue weighted by atomic mass is 19.1. The average molecular weight is 327 g/mol. The second-order valence-corrected chi connectivity index (χ2v) is 5.60. The van der Waals surface area contributed by atoms with Crippen molar-refractivity contribution in [1.82, 2.24) is 15.0 Å². The summed E-state index contributed by atoms with van der Waals surface area (Å²) in [7, 11) is 0. The van der Waals surface area contributed by atoms with E-state index in [9.17, 15) is 9.18 Å². The number of hydrogen-bond donors (Lipinski definition) is 0. The number of likely N-dealkylation sites (tertiary alicyclic amines) is 1. The lowest BCUT2D eigenvalue weighted by molar-refractivity contribution is 0.0678. The van der Waals surface area contributed by atoms with Gasteiger partial charge in [0.1, 0.15) is 11.9 Å². The third kappa shape index (κ3) is 2.58. The summed E-state index contributed by atoms with van der Waals surface area (Å²) in [6.45, 7) is 0.610. The van der Waals surface area contributed by atoms with Crippen LogP contribution in [0, 0.1) is 5.82 Å². The minimum Gasteiger partial charge on any atom is -0.459 e. The Hall–Kier alpha value is -2.96. The first-order chi connectivity index (χ1) is 11.7. The number of hydrogen-bond acceptors (Lipinski definition) is 5. The minimum absolute atomic E-state index is 0.191. The van der Waals surface area contributed by atoms with Gasteiger partial charge in [-0.3, -0.25) is 4.79 Å². The van der Waals surface area contributed by atoms with E-state index in [0.717, 1.165) is 12.8 Å². The van der Waals surface area contributed by atoms with Gasteiger partial charge in [0, 0.05) is 12.1 Å². The molecule has 24 heavy (non-hydrogen) atoms. The summed E-state index contributed by atoms with van der Waals surface area (Å²) in [5, 5.41) is 3.95. The zero-order chi connectivity index (χ0) is 16.5. The average Bonchev–Trinajstić information content (AvgIpc) is 3.34. The predicted molar refractivity (Wildman–Crippen MR) is 81.4 cm³/mol. The first-order valence-corrected chi connectivity index (χ1v) is 7.66. The number of amides is 1. The molecule has 6 nitrogen and oxygen atoms in total. The van der Waals surface area contributed by atoms with E-state index >= 15 is 0 Å². The molecule has 1 aromatic carbocycles. The number of furan rings is 1. The van der Waals surface area contributed by atoms with E-state index in [-0.39, 0.29) is 17.8 Å². The molecule has 0 N–H and O–H groups in total. The van der Waals surface area contributed by atoms with E-state index in [4.69, 9.17) is 8.94 Å². The maximum atomic E-state index is 13.0. The van der Waals surface area contributed by atoms with Crippen molar-refractivity contribution in [3.8, 4) is 11.4 Å². The van der Waals surface area contributed by atoms with Crippen molar-refractivity contribution in [1.29, 1.82) is 0 Å². The Balaban J connectivity index is 1.59. The van der Waals surface area contributed by atoms with E-state index in [1.807, 2.05) is 0 Å². The van der Waals surface area contributed by atoms with Crippen LogP contribution < -0.4 is 0 Å². The van der Waals surface area contributed by atoms with Gasteiger partial charge in [0.15, 0.2) is 5.76 Å². The quantitative estimate of drug-likeness (QED) is 0.737. The first-order valence-electron chi connectivity index (χ1n) is 7.66. The summed E-state index contributed by atoms with van der Waals surface area (Å²) >= 11 is 0. The topological polar surface area (TPSA) is 72.4 Å². The van der Waals surface area contributed by atoms with Crippen LogP contribution in [-0.2, 0) is 0 Å². The van der Waals surface area contributed by atoms with Crippen LogP contribution in [-0.4, -0.2) is 27.5 Å². The lowest BCUT2D eigenvalue weighted by atomic mass is 10.2. The van der Waals surface area contributed by atoms with Crippen molar-refractivity contribution in [2.24, 2.45) is 0 Å². The normalized spacial score (nSPS) is 17.4. The predicted octanol–water partition coefficient (Wildman–Crippen LogP) is 3.45. The molecule has 1 fully saturated rings. The molecule has 1 amide bonds. The molecule has 1 saturated heterocycles. The number of rotatable bonds is 3. The zero-order valence-corrected chi connectivity index (χ0v) is 12.7. The Kier molecular flexibility index (Phi) is 3.60. The van der Waals surface area contributed by atoms with Gasteiger partial charge in [0.25, 0.3) is 5.91 Å². The standard InChI is InChI=1S/C17H14FN3O3/c18-12-7-5-11(6-8-12)15-19-16(24-20-15)13-3-1-9-21(13)17(22)14-4-2-10-23-14/h2,4-8,10,13H,1,3,9H2/t13-/m1/s1. The Morgan fingerprint density at radius 1 is 1.25 bits per heavy atom. The summed E-state index contributed by atoms with van der Waals surface area (Å²) in [5.41, 5.74) is 0.660. The lowest BCUT2D eigenvalue weighted by Crippen LogP contribution is -2.30. The van der Waals surface area contributed by atoms with Crippen LogP contribution in [0.4, 0.5) is 4.39 Å². The maximum absolute atomic E-state index is 13.0. The molecule has 0 aliphatic carbocycles.